The summed E-state index contributed by atoms with van der Waals surface area (Å²) in [7, 11) is 1.91. The number of nitrogen functional groups attached to an aromatic ring is 1. The van der Waals surface area contributed by atoms with Gasteiger partial charge in [-0.25, -0.2) is 0 Å². The maximum Gasteiger partial charge on any atom is 0.227 e. The molecule has 1 atom stereocenters. The molecule has 1 fully saturated rings. The minimum absolute atomic E-state index is 0. The minimum atomic E-state index is 0. The third-order valence-electron chi connectivity index (χ3n) is 5.07. The molecule has 0 spiro atoms. The Bertz CT molecular complexity index is 701. The van der Waals surface area contributed by atoms with Crippen LogP contribution in [0.15, 0.2) is 54.6 Å². The van der Waals surface area contributed by atoms with Gasteiger partial charge in [-0.05, 0) is 43.1 Å². The van der Waals surface area contributed by atoms with E-state index in [0.29, 0.717) is 12.1 Å². The van der Waals surface area contributed by atoms with Crippen molar-refractivity contribution in [1.29, 1.82) is 0 Å². The van der Waals surface area contributed by atoms with Crippen LogP contribution in [-0.2, 0) is 11.2 Å². The highest BCUT2D eigenvalue weighted by Crippen LogP contribution is 2.24. The van der Waals surface area contributed by atoms with Crippen LogP contribution < -0.4 is 5.73 Å². The molecule has 0 bridgehead atoms. The normalized spacial score (nSPS) is 15.3. The lowest BCUT2D eigenvalue weighted by molar-refractivity contribution is -0.131. The van der Waals surface area contributed by atoms with Crippen LogP contribution in [0.1, 0.15) is 30.0 Å². The molecule has 0 aliphatic carbocycles. The number of nitrogens with zero attached hydrogens (tertiary/aromatic N) is 2. The van der Waals surface area contributed by atoms with Gasteiger partial charge >= 0.3 is 0 Å². The molecule has 0 saturated carbocycles. The van der Waals surface area contributed by atoms with Crippen molar-refractivity contribution in [2.45, 2.75) is 25.3 Å². The van der Waals surface area contributed by atoms with Gasteiger partial charge in [-0.2, -0.15) is 0 Å². The second-order valence-electron chi connectivity index (χ2n) is 6.81. The van der Waals surface area contributed by atoms with E-state index in [1.54, 1.807) is 0 Å². The monoisotopic (exact) mass is 373 g/mol. The van der Waals surface area contributed by atoms with Gasteiger partial charge < -0.3 is 15.5 Å². The van der Waals surface area contributed by atoms with Gasteiger partial charge in [0, 0.05) is 19.3 Å². The van der Waals surface area contributed by atoms with E-state index in [4.69, 9.17) is 5.73 Å². The second-order valence-corrected chi connectivity index (χ2v) is 6.81. The summed E-state index contributed by atoms with van der Waals surface area (Å²) in [5, 5.41) is 0. The summed E-state index contributed by atoms with van der Waals surface area (Å²) in [5.74, 6) is 0.103. The molecule has 0 unspecified atom stereocenters. The molecule has 4 nitrogen and oxygen atoms in total. The number of carbonyl (C=O) groups excluding carboxylic acids is 1. The number of anilines is 1. The van der Waals surface area contributed by atoms with Gasteiger partial charge in [0.1, 0.15) is 0 Å². The van der Waals surface area contributed by atoms with Crippen molar-refractivity contribution < 1.29 is 4.79 Å². The van der Waals surface area contributed by atoms with Crippen LogP contribution in [0.4, 0.5) is 5.69 Å². The van der Waals surface area contributed by atoms with Crippen molar-refractivity contribution >= 4 is 24.0 Å². The number of hydrogen-bond acceptors (Lipinski definition) is 3. The average molecular weight is 374 g/mol. The topological polar surface area (TPSA) is 49.6 Å². The van der Waals surface area contributed by atoms with Crippen LogP contribution in [-0.4, -0.2) is 42.4 Å². The van der Waals surface area contributed by atoms with Gasteiger partial charge in [-0.3, -0.25) is 4.79 Å². The van der Waals surface area contributed by atoms with Gasteiger partial charge in [0.05, 0.1) is 12.5 Å². The molecule has 140 valence electrons. The van der Waals surface area contributed by atoms with Crippen LogP contribution >= 0.6 is 12.4 Å². The number of para-hydroxylation sites is 1. The van der Waals surface area contributed by atoms with Crippen molar-refractivity contribution in [2.75, 3.05) is 32.4 Å². The zero-order chi connectivity index (χ0) is 17.6. The molecule has 5 heteroatoms. The highest BCUT2D eigenvalue weighted by Gasteiger charge is 2.25. The molecule has 2 aromatic carbocycles. The van der Waals surface area contributed by atoms with Crippen molar-refractivity contribution in [3.63, 3.8) is 0 Å². The Kier molecular flexibility index (Phi) is 7.49. The predicted octanol–water partition coefficient (Wildman–Crippen LogP) is 3.53. The molecule has 0 aromatic heterocycles. The number of halogens is 1. The summed E-state index contributed by atoms with van der Waals surface area (Å²) in [5.41, 5.74) is 8.77. The largest absolute Gasteiger partial charge is 0.398 e. The molecule has 1 heterocycles. The predicted molar refractivity (Wildman–Crippen MR) is 109 cm³/mol. The van der Waals surface area contributed by atoms with E-state index in [1.807, 2.05) is 54.4 Å². The van der Waals surface area contributed by atoms with Crippen molar-refractivity contribution in [3.05, 3.63) is 65.7 Å². The molecule has 1 aliphatic heterocycles. The Labute approximate surface area is 162 Å². The van der Waals surface area contributed by atoms with Gasteiger partial charge in [0.15, 0.2) is 0 Å². The third kappa shape index (κ3) is 4.99. The lowest BCUT2D eigenvalue weighted by atomic mass is 10.0. The van der Waals surface area contributed by atoms with Crippen LogP contribution in [0, 0.1) is 0 Å². The molecule has 1 saturated heterocycles. The van der Waals surface area contributed by atoms with Crippen LogP contribution in [0.25, 0.3) is 0 Å². The molecule has 2 N–H and O–H groups in total. The van der Waals surface area contributed by atoms with E-state index in [2.05, 4.69) is 17.0 Å². The molecular weight excluding hydrogens is 346 g/mol. The number of rotatable bonds is 6. The lowest BCUT2D eigenvalue weighted by Crippen LogP contribution is -2.39. The Morgan fingerprint density at radius 3 is 2.35 bits per heavy atom. The molecule has 0 radical (unpaired) electrons. The zero-order valence-electron chi connectivity index (χ0n) is 15.3. The van der Waals surface area contributed by atoms with Gasteiger partial charge in [0.2, 0.25) is 5.91 Å². The number of likely N-dealkylation sites (tertiary alicyclic amines) is 1. The molecular formula is C21H28ClN3O. The summed E-state index contributed by atoms with van der Waals surface area (Å²) >= 11 is 0. The van der Waals surface area contributed by atoms with Crippen LogP contribution in [0.2, 0.25) is 0 Å². The number of hydrogen-bond donors (Lipinski definition) is 1. The molecule has 3 rings (SSSR count). The van der Waals surface area contributed by atoms with Crippen molar-refractivity contribution in [2.24, 2.45) is 0 Å². The average Bonchev–Trinajstić information content (AvgIpc) is 3.15. The van der Waals surface area contributed by atoms with E-state index < -0.39 is 0 Å². The van der Waals surface area contributed by atoms with Gasteiger partial charge in [0.25, 0.3) is 0 Å². The second kappa shape index (κ2) is 9.60. The number of likely N-dealkylation sites (N-methyl/N-ethyl adjacent to an activating group) is 1. The van der Waals surface area contributed by atoms with Crippen molar-refractivity contribution in [1.82, 2.24) is 9.80 Å². The first-order valence-electron chi connectivity index (χ1n) is 9.01. The Balaban J connectivity index is 0.00000243. The first kappa shape index (κ1) is 20.3. The van der Waals surface area contributed by atoms with E-state index in [1.165, 1.54) is 18.4 Å². The Hall–Kier alpha value is -2.04. The highest BCUT2D eigenvalue weighted by molar-refractivity contribution is 5.85. The quantitative estimate of drug-likeness (QED) is 0.788. The van der Waals surface area contributed by atoms with E-state index in [0.717, 1.165) is 25.2 Å². The van der Waals surface area contributed by atoms with Gasteiger partial charge in [-0.1, -0.05) is 48.5 Å². The van der Waals surface area contributed by atoms with E-state index in [-0.39, 0.29) is 24.4 Å². The first-order valence-corrected chi connectivity index (χ1v) is 9.01. The summed E-state index contributed by atoms with van der Waals surface area (Å²) in [6.45, 7) is 3.13. The van der Waals surface area contributed by atoms with Crippen LogP contribution in [0.5, 0.6) is 0 Å². The summed E-state index contributed by atoms with van der Waals surface area (Å²) in [6.07, 6.45) is 2.84. The molecule has 1 amide bonds. The fourth-order valence-electron chi connectivity index (χ4n) is 3.49. The van der Waals surface area contributed by atoms with E-state index >= 15 is 0 Å². The fraction of sp³-hybridized carbons (Fsp3) is 0.381. The highest BCUT2D eigenvalue weighted by atomic mass is 35.5. The third-order valence-corrected chi connectivity index (χ3v) is 5.07. The fourth-order valence-corrected chi connectivity index (χ4v) is 3.49. The summed E-state index contributed by atoms with van der Waals surface area (Å²) in [6, 6.07) is 18.0. The maximum atomic E-state index is 12.9. The molecule has 26 heavy (non-hydrogen) atoms. The summed E-state index contributed by atoms with van der Waals surface area (Å²) in [4.78, 5) is 17.3. The van der Waals surface area contributed by atoms with Crippen molar-refractivity contribution in [3.8, 4) is 0 Å². The van der Waals surface area contributed by atoms with Crippen LogP contribution in [0.3, 0.4) is 0 Å². The standard InChI is InChI=1S/C21H27N3O.ClH/c1-23(21(25)15-18-11-5-6-12-19(18)22)20(16-24-13-7-8-14-24)17-9-3-2-4-10-17;/h2-6,9-12,20H,7-8,13-16,22H2,1H3;1H/t20-;/m1./s1. The van der Waals surface area contributed by atoms with E-state index in [9.17, 15) is 4.79 Å². The molecule has 2 aromatic rings. The summed E-state index contributed by atoms with van der Waals surface area (Å²) < 4.78 is 0. The number of amides is 1. The Morgan fingerprint density at radius 1 is 1.08 bits per heavy atom. The molecule has 1 aliphatic rings. The van der Waals surface area contributed by atoms with Gasteiger partial charge in [-0.15, -0.1) is 12.4 Å². The lowest BCUT2D eigenvalue weighted by Gasteiger charge is -2.32. The number of nitrogens with two attached hydrogens (primary N) is 1. The maximum absolute atomic E-state index is 12.9. The minimum Gasteiger partial charge on any atom is -0.398 e. The first-order chi connectivity index (χ1) is 12.1. The number of carbonyl (C=O) groups is 1. The Morgan fingerprint density at radius 2 is 1.69 bits per heavy atom. The zero-order valence-corrected chi connectivity index (χ0v) is 16.1. The SMILES string of the molecule is CN(C(=O)Cc1ccccc1N)[C@H](CN1CCCC1)c1ccccc1.Cl. The number of benzene rings is 2. The smallest absolute Gasteiger partial charge is 0.227 e.